The second kappa shape index (κ2) is 3.66. The monoisotopic (exact) mass is 181 g/mol. The van der Waals surface area contributed by atoms with Crippen molar-refractivity contribution in [2.24, 2.45) is 0 Å². The van der Waals surface area contributed by atoms with Crippen LogP contribution in [0.3, 0.4) is 0 Å². The number of nitro benzene ring substituents is 1. The van der Waals surface area contributed by atoms with Crippen molar-refractivity contribution in [2.75, 3.05) is 0 Å². The van der Waals surface area contributed by atoms with Crippen molar-refractivity contribution in [2.45, 2.75) is 6.92 Å². The molecule has 0 heterocycles. The molecule has 0 fully saturated rings. The number of hydrogen-bond acceptors (Lipinski definition) is 4. The van der Waals surface area contributed by atoms with E-state index < -0.39 is 4.92 Å². The summed E-state index contributed by atoms with van der Waals surface area (Å²) in [4.78, 5) is 19.9. The van der Waals surface area contributed by atoms with Gasteiger partial charge >= 0.3 is 5.69 Å². The van der Waals surface area contributed by atoms with Crippen molar-refractivity contribution in [1.29, 1.82) is 0 Å². The first-order chi connectivity index (χ1) is 6.15. The molecule has 0 saturated heterocycles. The zero-order valence-corrected chi connectivity index (χ0v) is 6.89. The Balaban J connectivity index is 3.17. The third-order valence-corrected chi connectivity index (χ3v) is 1.49. The summed E-state index contributed by atoms with van der Waals surface area (Å²) in [5.74, 6) is -0.0365. The van der Waals surface area contributed by atoms with Crippen LogP contribution in [0.25, 0.3) is 0 Å². The second-order valence-electron chi connectivity index (χ2n) is 2.44. The Morgan fingerprint density at radius 3 is 2.77 bits per heavy atom. The van der Waals surface area contributed by atoms with Crippen molar-refractivity contribution in [3.8, 4) is 5.75 Å². The van der Waals surface area contributed by atoms with E-state index in [1.807, 2.05) is 0 Å². The first-order valence-electron chi connectivity index (χ1n) is 3.50. The Hall–Kier alpha value is -1.91. The van der Waals surface area contributed by atoms with Crippen molar-refractivity contribution >= 4 is 12.2 Å². The van der Waals surface area contributed by atoms with Crippen LogP contribution in [0.2, 0.25) is 0 Å². The van der Waals surface area contributed by atoms with Crippen LogP contribution >= 0.6 is 0 Å². The molecule has 5 heteroatoms. The molecular weight excluding hydrogens is 174 g/mol. The average Bonchev–Trinajstić information content (AvgIpc) is 2.08. The van der Waals surface area contributed by atoms with Crippen molar-refractivity contribution in [1.82, 2.24) is 0 Å². The summed E-state index contributed by atoms with van der Waals surface area (Å²) in [6.07, 6.45) is 0. The molecule has 0 aliphatic carbocycles. The van der Waals surface area contributed by atoms with Gasteiger partial charge in [-0.1, -0.05) is 6.07 Å². The lowest BCUT2D eigenvalue weighted by molar-refractivity contribution is -0.385. The van der Waals surface area contributed by atoms with E-state index in [0.717, 1.165) is 5.56 Å². The largest absolute Gasteiger partial charge is 0.421 e. The summed E-state index contributed by atoms with van der Waals surface area (Å²) in [5, 5.41) is 10.5. The molecular formula is C8H7NO4. The molecule has 68 valence electrons. The van der Waals surface area contributed by atoms with Gasteiger partial charge in [0.1, 0.15) is 0 Å². The quantitative estimate of drug-likeness (QED) is 0.402. The van der Waals surface area contributed by atoms with Gasteiger partial charge in [-0.3, -0.25) is 14.9 Å². The maximum Gasteiger partial charge on any atom is 0.311 e. The SMILES string of the molecule is Cc1ccc(OC=O)c([N+](=O)[O-])c1. The molecule has 13 heavy (non-hydrogen) atoms. The van der Waals surface area contributed by atoms with E-state index >= 15 is 0 Å². The number of carbonyl (C=O) groups is 1. The number of benzene rings is 1. The summed E-state index contributed by atoms with van der Waals surface area (Å²) >= 11 is 0. The summed E-state index contributed by atoms with van der Waals surface area (Å²) < 4.78 is 4.43. The van der Waals surface area contributed by atoms with Gasteiger partial charge in [0.2, 0.25) is 5.75 Å². The van der Waals surface area contributed by atoms with E-state index in [0.29, 0.717) is 0 Å². The van der Waals surface area contributed by atoms with Gasteiger partial charge in [-0.05, 0) is 18.6 Å². The van der Waals surface area contributed by atoms with Gasteiger partial charge in [0.25, 0.3) is 6.47 Å². The maximum absolute atomic E-state index is 10.5. The number of nitrogens with zero attached hydrogens (tertiary/aromatic N) is 1. The Bertz CT molecular complexity index is 348. The van der Waals surface area contributed by atoms with Crippen LogP contribution in [0.4, 0.5) is 5.69 Å². The van der Waals surface area contributed by atoms with Gasteiger partial charge in [0, 0.05) is 6.07 Å². The Morgan fingerprint density at radius 1 is 1.54 bits per heavy atom. The van der Waals surface area contributed by atoms with Crippen molar-refractivity contribution in [3.63, 3.8) is 0 Å². The minimum absolute atomic E-state index is 0.0365. The Kier molecular flexibility index (Phi) is 2.59. The van der Waals surface area contributed by atoms with Crippen LogP contribution in [0.15, 0.2) is 18.2 Å². The fourth-order valence-corrected chi connectivity index (χ4v) is 0.922. The standard InChI is InChI=1S/C8H7NO4/c1-6-2-3-8(13-5-10)7(4-6)9(11)12/h2-5H,1H3. The molecule has 0 spiro atoms. The molecule has 0 unspecified atom stereocenters. The normalized spacial score (nSPS) is 9.31. The number of ether oxygens (including phenoxy) is 1. The zero-order chi connectivity index (χ0) is 9.84. The van der Waals surface area contributed by atoms with E-state index in [9.17, 15) is 14.9 Å². The molecule has 0 aliphatic heterocycles. The molecule has 0 atom stereocenters. The molecule has 0 bridgehead atoms. The lowest BCUT2D eigenvalue weighted by atomic mass is 10.2. The zero-order valence-electron chi connectivity index (χ0n) is 6.89. The van der Waals surface area contributed by atoms with Crippen LogP contribution in [-0.2, 0) is 4.79 Å². The van der Waals surface area contributed by atoms with Crippen LogP contribution in [0, 0.1) is 17.0 Å². The number of hydrogen-bond donors (Lipinski definition) is 0. The van der Waals surface area contributed by atoms with Gasteiger partial charge in [-0.2, -0.15) is 0 Å². The smallest absolute Gasteiger partial charge is 0.311 e. The van der Waals surface area contributed by atoms with Crippen LogP contribution in [0.5, 0.6) is 5.75 Å². The van der Waals surface area contributed by atoms with Crippen molar-refractivity contribution in [3.05, 3.63) is 33.9 Å². The van der Waals surface area contributed by atoms with Gasteiger partial charge in [-0.15, -0.1) is 0 Å². The highest BCUT2D eigenvalue weighted by Gasteiger charge is 2.14. The summed E-state index contributed by atoms with van der Waals surface area (Å²) in [7, 11) is 0. The third kappa shape index (κ3) is 2.02. The highest BCUT2D eigenvalue weighted by molar-refractivity contribution is 5.55. The fraction of sp³-hybridized carbons (Fsp3) is 0.125. The highest BCUT2D eigenvalue weighted by atomic mass is 16.6. The predicted molar refractivity (Wildman–Crippen MR) is 44.5 cm³/mol. The minimum atomic E-state index is -0.591. The van der Waals surface area contributed by atoms with Gasteiger partial charge in [-0.25, -0.2) is 0 Å². The lowest BCUT2D eigenvalue weighted by Crippen LogP contribution is -1.96. The lowest BCUT2D eigenvalue weighted by Gasteiger charge is -1.99. The first-order valence-corrected chi connectivity index (χ1v) is 3.50. The Labute approximate surface area is 74.1 Å². The third-order valence-electron chi connectivity index (χ3n) is 1.49. The molecule has 0 aliphatic rings. The molecule has 0 saturated carbocycles. The number of carbonyl (C=O) groups excluding carboxylic acids is 1. The Morgan fingerprint density at radius 2 is 2.23 bits per heavy atom. The molecule has 0 aromatic heterocycles. The summed E-state index contributed by atoms with van der Waals surface area (Å²) in [5.41, 5.74) is 0.539. The minimum Gasteiger partial charge on any atom is -0.421 e. The van der Waals surface area contributed by atoms with Gasteiger partial charge in [0.15, 0.2) is 0 Å². The molecule has 1 rings (SSSR count). The number of rotatable bonds is 3. The van der Waals surface area contributed by atoms with E-state index in [1.165, 1.54) is 12.1 Å². The van der Waals surface area contributed by atoms with Crippen LogP contribution in [-0.4, -0.2) is 11.4 Å². The molecule has 1 aromatic carbocycles. The van der Waals surface area contributed by atoms with Gasteiger partial charge < -0.3 is 4.74 Å². The molecule has 0 N–H and O–H groups in total. The fourth-order valence-electron chi connectivity index (χ4n) is 0.922. The molecule has 1 aromatic rings. The number of aryl methyl sites for hydroxylation is 1. The molecule has 0 amide bonds. The highest BCUT2D eigenvalue weighted by Crippen LogP contribution is 2.26. The summed E-state index contributed by atoms with van der Waals surface area (Å²) in [6.45, 7) is 1.88. The van der Waals surface area contributed by atoms with E-state index in [1.54, 1.807) is 13.0 Å². The first kappa shape index (κ1) is 9.18. The maximum atomic E-state index is 10.5. The van der Waals surface area contributed by atoms with E-state index in [-0.39, 0.29) is 17.9 Å². The molecule has 5 nitrogen and oxygen atoms in total. The van der Waals surface area contributed by atoms with Crippen molar-refractivity contribution < 1.29 is 14.5 Å². The van der Waals surface area contributed by atoms with E-state index in [2.05, 4.69) is 4.74 Å². The second-order valence-corrected chi connectivity index (χ2v) is 2.44. The summed E-state index contributed by atoms with van der Waals surface area (Å²) in [6, 6.07) is 4.37. The number of nitro groups is 1. The topological polar surface area (TPSA) is 69.4 Å². The van der Waals surface area contributed by atoms with E-state index in [4.69, 9.17) is 0 Å². The van der Waals surface area contributed by atoms with Gasteiger partial charge in [0.05, 0.1) is 4.92 Å². The average molecular weight is 181 g/mol. The van der Waals surface area contributed by atoms with Crippen LogP contribution < -0.4 is 4.74 Å². The van der Waals surface area contributed by atoms with Crippen LogP contribution in [0.1, 0.15) is 5.56 Å². The predicted octanol–water partition coefficient (Wildman–Crippen LogP) is 1.44. The molecule has 0 radical (unpaired) electrons.